The molecule has 7 nitrogen and oxygen atoms in total. The molecule has 0 atom stereocenters. The summed E-state index contributed by atoms with van der Waals surface area (Å²) in [4.78, 5) is 20.8. The van der Waals surface area contributed by atoms with E-state index in [0.717, 1.165) is 5.56 Å². The van der Waals surface area contributed by atoms with Gasteiger partial charge in [0.25, 0.3) is 5.91 Å². The van der Waals surface area contributed by atoms with Crippen LogP contribution in [0, 0.1) is 0 Å². The molecule has 0 saturated carbocycles. The van der Waals surface area contributed by atoms with Crippen molar-refractivity contribution in [3.05, 3.63) is 59.7 Å². The minimum atomic E-state index is -3.61. The first kappa shape index (κ1) is 17.2. The van der Waals surface area contributed by atoms with E-state index in [1.165, 1.54) is 36.6 Å². The Morgan fingerprint density at radius 2 is 2.04 bits per heavy atom. The lowest BCUT2D eigenvalue weighted by atomic mass is 10.2. The van der Waals surface area contributed by atoms with Crippen LogP contribution in [0.3, 0.4) is 0 Å². The van der Waals surface area contributed by atoms with E-state index in [1.807, 2.05) is 11.4 Å². The molecule has 0 radical (unpaired) electrons. The van der Waals surface area contributed by atoms with Crippen LogP contribution < -0.4 is 10.0 Å². The van der Waals surface area contributed by atoms with Gasteiger partial charge >= 0.3 is 0 Å². The number of nitrogens with zero attached hydrogens (tertiary/aromatic N) is 2. The van der Waals surface area contributed by atoms with Crippen LogP contribution in [0.4, 0.5) is 5.13 Å². The van der Waals surface area contributed by atoms with E-state index in [-0.39, 0.29) is 10.5 Å². The number of sulfonamides is 1. The maximum atomic E-state index is 12.4. The van der Waals surface area contributed by atoms with E-state index in [4.69, 9.17) is 0 Å². The van der Waals surface area contributed by atoms with E-state index in [2.05, 4.69) is 20.0 Å². The van der Waals surface area contributed by atoms with Crippen molar-refractivity contribution in [2.24, 2.45) is 0 Å². The van der Waals surface area contributed by atoms with E-state index in [0.29, 0.717) is 10.8 Å². The van der Waals surface area contributed by atoms with Crippen LogP contribution in [-0.2, 0) is 10.0 Å². The monoisotopic (exact) mass is 374 g/mol. The van der Waals surface area contributed by atoms with Crippen LogP contribution >= 0.6 is 11.3 Å². The van der Waals surface area contributed by atoms with Crippen molar-refractivity contribution in [1.29, 1.82) is 0 Å². The quantitative estimate of drug-likeness (QED) is 0.714. The molecule has 2 N–H and O–H groups in total. The topological polar surface area (TPSA) is 101 Å². The fourth-order valence-corrected chi connectivity index (χ4v) is 3.56. The van der Waals surface area contributed by atoms with Gasteiger partial charge in [0, 0.05) is 28.9 Å². The second kappa shape index (κ2) is 7.09. The van der Waals surface area contributed by atoms with Crippen LogP contribution in [0.2, 0.25) is 0 Å². The smallest absolute Gasteiger partial charge is 0.257 e. The molecular weight excluding hydrogens is 360 g/mol. The molecule has 0 aliphatic carbocycles. The highest BCUT2D eigenvalue weighted by atomic mass is 32.2. The van der Waals surface area contributed by atoms with E-state index in [1.54, 1.807) is 24.5 Å². The highest BCUT2D eigenvalue weighted by Gasteiger charge is 2.15. The van der Waals surface area contributed by atoms with Crippen LogP contribution in [0.25, 0.3) is 11.3 Å². The second-order valence-corrected chi connectivity index (χ2v) is 7.71. The van der Waals surface area contributed by atoms with Crippen molar-refractivity contribution in [1.82, 2.24) is 14.7 Å². The molecule has 1 amide bonds. The Hall–Kier alpha value is -2.62. The molecule has 3 aromatic rings. The number of thiazole rings is 1. The molecule has 0 saturated heterocycles. The molecule has 25 heavy (non-hydrogen) atoms. The maximum Gasteiger partial charge on any atom is 0.257 e. The third-order valence-electron chi connectivity index (χ3n) is 3.36. The molecule has 0 aliphatic heterocycles. The van der Waals surface area contributed by atoms with Gasteiger partial charge in [0.05, 0.1) is 10.6 Å². The predicted molar refractivity (Wildman–Crippen MR) is 96.0 cm³/mol. The summed E-state index contributed by atoms with van der Waals surface area (Å²) >= 11 is 1.28. The lowest BCUT2D eigenvalue weighted by Crippen LogP contribution is -2.19. The standard InChI is InChI=1S/C16H14N4O3S2/c1-17-25(22,23)13-6-2-4-11(8-13)15(21)20-16-19-14(10-24-16)12-5-3-7-18-9-12/h2-10,17H,1H3,(H,19,20,21). The molecule has 2 aromatic heterocycles. The number of benzene rings is 1. The van der Waals surface area contributed by atoms with Gasteiger partial charge < -0.3 is 0 Å². The van der Waals surface area contributed by atoms with E-state index < -0.39 is 15.9 Å². The summed E-state index contributed by atoms with van der Waals surface area (Å²) in [5, 5.41) is 4.91. The molecule has 0 spiro atoms. The normalized spacial score (nSPS) is 11.2. The van der Waals surface area contributed by atoms with Crippen molar-refractivity contribution in [2.45, 2.75) is 4.90 Å². The van der Waals surface area contributed by atoms with Crippen molar-refractivity contribution in [2.75, 3.05) is 12.4 Å². The molecular formula is C16H14N4O3S2. The minimum Gasteiger partial charge on any atom is -0.298 e. The van der Waals surface area contributed by atoms with Crippen LogP contribution in [-0.4, -0.2) is 31.3 Å². The summed E-state index contributed by atoms with van der Waals surface area (Å²) < 4.78 is 25.9. The van der Waals surface area contributed by atoms with Gasteiger partial charge in [-0.1, -0.05) is 6.07 Å². The number of hydrogen-bond donors (Lipinski definition) is 2. The third kappa shape index (κ3) is 3.90. The van der Waals surface area contributed by atoms with Gasteiger partial charge in [-0.05, 0) is 37.4 Å². The largest absolute Gasteiger partial charge is 0.298 e. The molecule has 0 fully saturated rings. The van der Waals surface area contributed by atoms with Gasteiger partial charge in [-0.3, -0.25) is 15.1 Å². The summed E-state index contributed by atoms with van der Waals surface area (Å²) in [5.41, 5.74) is 1.79. The average molecular weight is 374 g/mol. The lowest BCUT2D eigenvalue weighted by molar-refractivity contribution is 0.102. The van der Waals surface area contributed by atoms with Crippen LogP contribution in [0.1, 0.15) is 10.4 Å². The van der Waals surface area contributed by atoms with E-state index >= 15 is 0 Å². The lowest BCUT2D eigenvalue weighted by Gasteiger charge is -2.05. The summed E-state index contributed by atoms with van der Waals surface area (Å²) in [6.07, 6.45) is 3.36. The van der Waals surface area contributed by atoms with Crippen molar-refractivity contribution in [3.8, 4) is 11.3 Å². The van der Waals surface area contributed by atoms with Crippen molar-refractivity contribution < 1.29 is 13.2 Å². The Bertz CT molecular complexity index is 1000. The van der Waals surface area contributed by atoms with Gasteiger partial charge in [-0.15, -0.1) is 11.3 Å². The Balaban J connectivity index is 1.80. The molecule has 0 aliphatic rings. The fourth-order valence-electron chi connectivity index (χ4n) is 2.07. The Labute approximate surface area is 148 Å². The van der Waals surface area contributed by atoms with Crippen LogP contribution in [0.5, 0.6) is 0 Å². The molecule has 9 heteroatoms. The van der Waals surface area contributed by atoms with Crippen molar-refractivity contribution >= 4 is 32.4 Å². The van der Waals surface area contributed by atoms with Gasteiger partial charge in [0.15, 0.2) is 5.13 Å². The summed E-state index contributed by atoms with van der Waals surface area (Å²) in [6, 6.07) is 9.48. The van der Waals surface area contributed by atoms with Crippen molar-refractivity contribution in [3.63, 3.8) is 0 Å². The zero-order valence-electron chi connectivity index (χ0n) is 13.1. The molecule has 0 bridgehead atoms. The fraction of sp³-hybridized carbons (Fsp3) is 0.0625. The SMILES string of the molecule is CNS(=O)(=O)c1cccc(C(=O)Nc2nc(-c3cccnc3)cs2)c1. The number of aromatic nitrogens is 2. The molecule has 3 rings (SSSR count). The molecule has 1 aromatic carbocycles. The number of amides is 1. The Kier molecular flexibility index (Phi) is 4.88. The van der Waals surface area contributed by atoms with Gasteiger partial charge in [0.2, 0.25) is 10.0 Å². The first-order valence-corrected chi connectivity index (χ1v) is 9.57. The predicted octanol–water partition coefficient (Wildman–Crippen LogP) is 2.37. The first-order chi connectivity index (χ1) is 12.0. The highest BCUT2D eigenvalue weighted by Crippen LogP contribution is 2.24. The van der Waals surface area contributed by atoms with E-state index in [9.17, 15) is 13.2 Å². The molecule has 128 valence electrons. The summed E-state index contributed by atoms with van der Waals surface area (Å²) in [6.45, 7) is 0. The molecule has 0 unspecified atom stereocenters. The van der Waals surface area contributed by atoms with Gasteiger partial charge in [0.1, 0.15) is 0 Å². The Morgan fingerprint density at radius 1 is 1.20 bits per heavy atom. The zero-order valence-corrected chi connectivity index (χ0v) is 14.8. The number of hydrogen-bond acceptors (Lipinski definition) is 6. The number of rotatable bonds is 5. The number of pyridine rings is 1. The second-order valence-electron chi connectivity index (χ2n) is 4.97. The van der Waals surface area contributed by atoms with Crippen LogP contribution in [0.15, 0.2) is 59.1 Å². The maximum absolute atomic E-state index is 12.4. The number of carbonyl (C=O) groups is 1. The number of anilines is 1. The summed E-state index contributed by atoms with van der Waals surface area (Å²) in [7, 11) is -2.29. The summed E-state index contributed by atoms with van der Waals surface area (Å²) in [5.74, 6) is -0.430. The first-order valence-electron chi connectivity index (χ1n) is 7.20. The zero-order chi connectivity index (χ0) is 17.9. The third-order valence-corrected chi connectivity index (χ3v) is 5.53. The average Bonchev–Trinajstić information content (AvgIpc) is 3.11. The Morgan fingerprint density at radius 3 is 2.76 bits per heavy atom. The molecule has 2 heterocycles. The van der Waals surface area contributed by atoms with Gasteiger partial charge in [-0.2, -0.15) is 0 Å². The minimum absolute atomic E-state index is 0.0258. The number of nitrogens with one attached hydrogen (secondary N) is 2. The number of carbonyl (C=O) groups excluding carboxylic acids is 1. The van der Waals surface area contributed by atoms with Gasteiger partial charge in [-0.25, -0.2) is 18.1 Å². The highest BCUT2D eigenvalue weighted by molar-refractivity contribution is 7.89.